The minimum Gasteiger partial charge on any atom is -0.491 e. The Balaban J connectivity index is 1.77. The lowest BCUT2D eigenvalue weighted by molar-refractivity contribution is -0.130. The highest BCUT2D eigenvalue weighted by molar-refractivity contribution is 5.81. The van der Waals surface area contributed by atoms with E-state index >= 15 is 0 Å². The van der Waals surface area contributed by atoms with Crippen molar-refractivity contribution in [1.82, 2.24) is 4.90 Å². The Morgan fingerprint density at radius 3 is 2.55 bits per heavy atom. The molecule has 122 valence electrons. The van der Waals surface area contributed by atoms with Crippen molar-refractivity contribution in [1.29, 1.82) is 0 Å². The lowest BCUT2D eigenvalue weighted by Gasteiger charge is -2.30. The van der Waals surface area contributed by atoms with Gasteiger partial charge in [0.25, 0.3) is 0 Å². The molecule has 1 fully saturated rings. The maximum atomic E-state index is 12.2. The second-order valence-corrected chi connectivity index (χ2v) is 6.28. The minimum absolute atomic E-state index is 0.187. The van der Waals surface area contributed by atoms with Crippen LogP contribution in [0.4, 0.5) is 5.69 Å². The molecule has 4 nitrogen and oxygen atoms in total. The lowest BCUT2D eigenvalue weighted by atomic mass is 9.99. The van der Waals surface area contributed by atoms with Gasteiger partial charge in [0, 0.05) is 18.8 Å². The van der Waals surface area contributed by atoms with Crippen LogP contribution in [0.1, 0.15) is 40.0 Å². The van der Waals surface area contributed by atoms with E-state index in [4.69, 9.17) is 4.74 Å². The van der Waals surface area contributed by atoms with Crippen LogP contribution in [-0.4, -0.2) is 36.5 Å². The van der Waals surface area contributed by atoms with Crippen molar-refractivity contribution in [3.63, 3.8) is 0 Å². The van der Waals surface area contributed by atoms with Crippen LogP contribution < -0.4 is 10.1 Å². The molecule has 1 amide bonds. The summed E-state index contributed by atoms with van der Waals surface area (Å²) in [6.07, 6.45) is 3.45. The average molecular weight is 304 g/mol. The Hall–Kier alpha value is -1.71. The van der Waals surface area contributed by atoms with Crippen molar-refractivity contribution in [2.75, 3.05) is 25.0 Å². The van der Waals surface area contributed by atoms with E-state index in [-0.39, 0.29) is 12.0 Å². The fraction of sp³-hybridized carbons (Fsp3) is 0.611. The zero-order valence-electron chi connectivity index (χ0n) is 14.0. The number of amides is 1. The Morgan fingerprint density at radius 2 is 1.95 bits per heavy atom. The van der Waals surface area contributed by atoms with Gasteiger partial charge in [0.2, 0.25) is 5.91 Å². The number of ether oxygens (including phenoxy) is 1. The summed E-state index contributed by atoms with van der Waals surface area (Å²) in [4.78, 5) is 14.1. The largest absolute Gasteiger partial charge is 0.491 e. The summed E-state index contributed by atoms with van der Waals surface area (Å²) in [5, 5.41) is 3.20. The van der Waals surface area contributed by atoms with Gasteiger partial charge in [0.1, 0.15) is 5.75 Å². The fourth-order valence-corrected chi connectivity index (χ4v) is 2.51. The molecular formula is C18H28N2O2. The zero-order valence-corrected chi connectivity index (χ0v) is 14.0. The summed E-state index contributed by atoms with van der Waals surface area (Å²) in [7, 11) is 0. The molecular weight excluding hydrogens is 276 g/mol. The molecule has 1 aromatic rings. The monoisotopic (exact) mass is 304 g/mol. The molecule has 22 heavy (non-hydrogen) atoms. The minimum atomic E-state index is 0.187. The lowest BCUT2D eigenvalue weighted by Crippen LogP contribution is -2.40. The van der Waals surface area contributed by atoms with Crippen LogP contribution >= 0.6 is 0 Å². The summed E-state index contributed by atoms with van der Waals surface area (Å²) in [6.45, 7) is 8.56. The smallest absolute Gasteiger partial charge is 0.241 e. The van der Waals surface area contributed by atoms with Crippen LogP contribution in [0, 0.1) is 5.92 Å². The van der Waals surface area contributed by atoms with Gasteiger partial charge in [-0.1, -0.05) is 13.8 Å². The van der Waals surface area contributed by atoms with Gasteiger partial charge in [-0.25, -0.2) is 0 Å². The fourth-order valence-electron chi connectivity index (χ4n) is 2.51. The number of carbonyl (C=O) groups excluding carboxylic acids is 1. The second kappa shape index (κ2) is 8.06. The van der Waals surface area contributed by atoms with E-state index in [0.29, 0.717) is 6.54 Å². The molecule has 1 saturated heterocycles. The number of anilines is 1. The predicted octanol–water partition coefficient (Wildman–Crippen LogP) is 3.53. The number of hydrogen-bond donors (Lipinski definition) is 1. The summed E-state index contributed by atoms with van der Waals surface area (Å²) in [6, 6.07) is 7.82. The number of rotatable bonds is 6. The molecule has 1 unspecified atom stereocenters. The van der Waals surface area contributed by atoms with Gasteiger partial charge in [-0.2, -0.15) is 0 Å². The van der Waals surface area contributed by atoms with Gasteiger partial charge in [0.15, 0.2) is 0 Å². The van der Waals surface area contributed by atoms with Crippen LogP contribution in [0.5, 0.6) is 5.75 Å². The Morgan fingerprint density at radius 1 is 1.32 bits per heavy atom. The van der Waals surface area contributed by atoms with Gasteiger partial charge in [-0.05, 0) is 56.4 Å². The molecule has 1 heterocycles. The molecule has 1 aliphatic heterocycles. The molecule has 1 atom stereocenters. The number of nitrogens with zero attached hydrogens (tertiary/aromatic N) is 1. The first-order chi connectivity index (χ1) is 10.6. The van der Waals surface area contributed by atoms with Crippen LogP contribution in [-0.2, 0) is 4.79 Å². The summed E-state index contributed by atoms with van der Waals surface area (Å²) >= 11 is 0. The van der Waals surface area contributed by atoms with Crippen LogP contribution in [0.2, 0.25) is 0 Å². The predicted molar refractivity (Wildman–Crippen MR) is 90.3 cm³/mol. The first-order valence-electron chi connectivity index (χ1n) is 8.37. The maximum Gasteiger partial charge on any atom is 0.241 e. The maximum absolute atomic E-state index is 12.2. The Kier molecular flexibility index (Phi) is 6.10. The number of piperidine rings is 1. The molecule has 1 N–H and O–H groups in total. The molecule has 1 aliphatic rings. The number of benzene rings is 1. The third kappa shape index (κ3) is 4.93. The Bertz CT molecular complexity index is 464. The van der Waals surface area contributed by atoms with Crippen LogP contribution in [0.3, 0.4) is 0 Å². The highest BCUT2D eigenvalue weighted by Crippen LogP contribution is 2.18. The van der Waals surface area contributed by atoms with Crippen molar-refractivity contribution in [2.45, 2.75) is 46.1 Å². The SMILES string of the molecule is CCC(C)Oc1ccc(NCC(=O)N2CCC(C)CC2)cc1. The van der Waals surface area contributed by atoms with E-state index in [0.717, 1.165) is 49.7 Å². The second-order valence-electron chi connectivity index (χ2n) is 6.28. The summed E-state index contributed by atoms with van der Waals surface area (Å²) in [5.41, 5.74) is 0.954. The van der Waals surface area contributed by atoms with E-state index in [1.807, 2.05) is 29.2 Å². The van der Waals surface area contributed by atoms with Crippen molar-refractivity contribution < 1.29 is 9.53 Å². The molecule has 0 radical (unpaired) electrons. The topological polar surface area (TPSA) is 41.6 Å². The molecule has 0 aromatic heterocycles. The molecule has 0 aliphatic carbocycles. The first kappa shape index (κ1) is 16.7. The van der Waals surface area contributed by atoms with Crippen molar-refractivity contribution in [3.05, 3.63) is 24.3 Å². The molecule has 4 heteroatoms. The number of hydrogen-bond acceptors (Lipinski definition) is 3. The third-order valence-electron chi connectivity index (χ3n) is 4.35. The Labute approximate surface area is 133 Å². The van der Waals surface area contributed by atoms with E-state index in [1.165, 1.54) is 0 Å². The first-order valence-corrected chi connectivity index (χ1v) is 8.37. The highest BCUT2D eigenvalue weighted by Gasteiger charge is 2.19. The highest BCUT2D eigenvalue weighted by atomic mass is 16.5. The number of likely N-dealkylation sites (tertiary alicyclic amines) is 1. The van der Waals surface area contributed by atoms with E-state index in [2.05, 4.69) is 26.1 Å². The third-order valence-corrected chi connectivity index (χ3v) is 4.35. The summed E-state index contributed by atoms with van der Waals surface area (Å²) < 4.78 is 5.75. The molecule has 0 spiro atoms. The van der Waals surface area contributed by atoms with Crippen molar-refractivity contribution in [2.24, 2.45) is 5.92 Å². The van der Waals surface area contributed by atoms with Crippen molar-refractivity contribution >= 4 is 11.6 Å². The molecule has 0 saturated carbocycles. The van der Waals surface area contributed by atoms with E-state index in [1.54, 1.807) is 0 Å². The van der Waals surface area contributed by atoms with Gasteiger partial charge < -0.3 is 15.0 Å². The van der Waals surface area contributed by atoms with E-state index < -0.39 is 0 Å². The van der Waals surface area contributed by atoms with Gasteiger partial charge in [0.05, 0.1) is 12.6 Å². The summed E-state index contributed by atoms with van der Waals surface area (Å²) in [5.74, 6) is 1.80. The quantitative estimate of drug-likeness (QED) is 0.874. The van der Waals surface area contributed by atoms with Crippen LogP contribution in [0.15, 0.2) is 24.3 Å². The van der Waals surface area contributed by atoms with Gasteiger partial charge in [-0.3, -0.25) is 4.79 Å². The standard InChI is InChI=1S/C18H28N2O2/c1-4-15(3)22-17-7-5-16(6-8-17)19-13-18(21)20-11-9-14(2)10-12-20/h5-8,14-15,19H,4,9-13H2,1-3H3. The normalized spacial score (nSPS) is 17.1. The number of carbonyl (C=O) groups is 1. The zero-order chi connectivity index (χ0) is 15.9. The molecule has 0 bridgehead atoms. The van der Waals surface area contributed by atoms with Crippen LogP contribution in [0.25, 0.3) is 0 Å². The van der Waals surface area contributed by atoms with Gasteiger partial charge in [-0.15, -0.1) is 0 Å². The average Bonchev–Trinajstić information content (AvgIpc) is 2.54. The number of nitrogens with one attached hydrogen (secondary N) is 1. The molecule has 2 rings (SSSR count). The van der Waals surface area contributed by atoms with E-state index in [9.17, 15) is 4.79 Å². The molecule has 1 aromatic carbocycles. The van der Waals surface area contributed by atoms with Crippen molar-refractivity contribution in [3.8, 4) is 5.75 Å². The van der Waals surface area contributed by atoms with Gasteiger partial charge >= 0.3 is 0 Å².